The Labute approximate surface area is 170 Å². The van der Waals surface area contributed by atoms with Crippen LogP contribution in [-0.4, -0.2) is 65.3 Å². The highest BCUT2D eigenvalue weighted by Crippen LogP contribution is 2.21. The molecule has 1 aliphatic rings. The van der Waals surface area contributed by atoms with Gasteiger partial charge in [0.05, 0.1) is 22.0 Å². The fourth-order valence-electron chi connectivity index (χ4n) is 3.02. The van der Waals surface area contributed by atoms with Gasteiger partial charge in [-0.3, -0.25) is 19.7 Å². The van der Waals surface area contributed by atoms with Crippen LogP contribution in [0.1, 0.15) is 37.3 Å². The summed E-state index contributed by atoms with van der Waals surface area (Å²) in [5.41, 5.74) is -0.360. The van der Waals surface area contributed by atoms with Crippen LogP contribution >= 0.6 is 11.3 Å². The number of hydrogen-bond donors (Lipinski definition) is 0. The first-order chi connectivity index (χ1) is 13.9. The normalized spacial score (nSPS) is 13.8. The Hall–Kier alpha value is -3.27. The van der Waals surface area contributed by atoms with Crippen molar-refractivity contribution in [3.8, 4) is 0 Å². The molecule has 0 radical (unpaired) electrons. The van der Waals surface area contributed by atoms with Crippen LogP contribution in [0.4, 0.5) is 5.69 Å². The molecule has 0 bridgehead atoms. The minimum Gasteiger partial charge on any atom is -0.462 e. The lowest BCUT2D eigenvalue weighted by atomic mass is 10.1. The van der Waals surface area contributed by atoms with Crippen LogP contribution < -0.4 is 0 Å². The first-order valence-electron chi connectivity index (χ1n) is 8.99. The molecule has 2 aromatic rings. The van der Waals surface area contributed by atoms with E-state index in [0.717, 1.165) is 12.1 Å². The molecule has 1 aromatic heterocycles. The summed E-state index contributed by atoms with van der Waals surface area (Å²) >= 11 is 1.36. The molecule has 29 heavy (non-hydrogen) atoms. The van der Waals surface area contributed by atoms with Crippen molar-refractivity contribution in [2.45, 2.75) is 6.92 Å². The summed E-state index contributed by atoms with van der Waals surface area (Å²) < 4.78 is 4.89. The Morgan fingerprint density at radius 3 is 2.24 bits per heavy atom. The van der Waals surface area contributed by atoms with Gasteiger partial charge in [0, 0.05) is 43.9 Å². The van der Waals surface area contributed by atoms with Crippen molar-refractivity contribution in [2.24, 2.45) is 0 Å². The molecule has 2 amide bonds. The number of esters is 1. The van der Waals surface area contributed by atoms with E-state index < -0.39 is 16.8 Å². The molecule has 2 heterocycles. The lowest BCUT2D eigenvalue weighted by molar-refractivity contribution is -0.384. The average molecular weight is 417 g/mol. The Morgan fingerprint density at radius 2 is 1.69 bits per heavy atom. The minimum atomic E-state index is -0.725. The fourth-order valence-corrected chi connectivity index (χ4v) is 3.71. The van der Waals surface area contributed by atoms with Gasteiger partial charge in [0.15, 0.2) is 0 Å². The van der Waals surface area contributed by atoms with Gasteiger partial charge in [-0.05, 0) is 24.4 Å². The second-order valence-electron chi connectivity index (χ2n) is 6.31. The molecular formula is C19H19N3O6S. The van der Waals surface area contributed by atoms with E-state index in [-0.39, 0.29) is 29.3 Å². The Kier molecular flexibility index (Phi) is 6.23. The van der Waals surface area contributed by atoms with E-state index >= 15 is 0 Å². The number of nitro groups is 1. The second-order valence-corrected chi connectivity index (χ2v) is 7.26. The molecule has 1 aliphatic heterocycles. The third-order valence-electron chi connectivity index (χ3n) is 4.47. The van der Waals surface area contributed by atoms with E-state index in [9.17, 15) is 24.5 Å². The summed E-state index contributed by atoms with van der Waals surface area (Å²) in [6, 6.07) is 7.10. The maximum absolute atomic E-state index is 12.9. The van der Waals surface area contributed by atoms with Gasteiger partial charge in [0.2, 0.25) is 0 Å². The molecule has 3 rings (SSSR count). The number of ether oxygens (including phenoxy) is 1. The maximum Gasteiger partial charge on any atom is 0.338 e. The lowest BCUT2D eigenvalue weighted by Crippen LogP contribution is -2.50. The number of nitro benzene ring substituents is 1. The summed E-state index contributed by atoms with van der Waals surface area (Å²) in [7, 11) is 0. The number of nitrogens with zero attached hydrogens (tertiary/aromatic N) is 3. The number of amides is 2. The standard InChI is InChI=1S/C19H19N3O6S/c1-2-28-19(25)14-10-13(11-15(12-14)22(26)27)17(23)20-5-7-21(8-6-20)18(24)16-4-3-9-29-16/h3-4,9-12H,2,5-8H2,1H3. The minimum absolute atomic E-state index is 0.0419. The van der Waals surface area contributed by atoms with Gasteiger partial charge in [-0.25, -0.2) is 4.79 Å². The van der Waals surface area contributed by atoms with E-state index in [0.29, 0.717) is 31.1 Å². The zero-order valence-corrected chi connectivity index (χ0v) is 16.5. The predicted molar refractivity (Wildman–Crippen MR) is 105 cm³/mol. The summed E-state index contributed by atoms with van der Waals surface area (Å²) in [5.74, 6) is -1.23. The molecule has 0 atom stereocenters. The van der Waals surface area contributed by atoms with Crippen molar-refractivity contribution in [1.29, 1.82) is 0 Å². The lowest BCUT2D eigenvalue weighted by Gasteiger charge is -2.34. The monoisotopic (exact) mass is 417 g/mol. The fraction of sp³-hybridized carbons (Fsp3) is 0.316. The van der Waals surface area contributed by atoms with Crippen LogP contribution in [0.5, 0.6) is 0 Å². The number of hydrogen-bond acceptors (Lipinski definition) is 7. The molecular weight excluding hydrogens is 398 g/mol. The zero-order valence-electron chi connectivity index (χ0n) is 15.7. The largest absolute Gasteiger partial charge is 0.462 e. The van der Waals surface area contributed by atoms with Crippen molar-refractivity contribution >= 4 is 34.8 Å². The SMILES string of the molecule is CCOC(=O)c1cc(C(=O)N2CCN(C(=O)c3cccs3)CC2)cc([N+](=O)[O-])c1. The quantitative estimate of drug-likeness (QED) is 0.420. The smallest absolute Gasteiger partial charge is 0.338 e. The van der Waals surface area contributed by atoms with Crippen LogP contribution in [0.2, 0.25) is 0 Å². The Balaban J connectivity index is 1.74. The van der Waals surface area contributed by atoms with Gasteiger partial charge in [-0.1, -0.05) is 6.07 Å². The predicted octanol–water partition coefficient (Wildman–Crippen LogP) is 2.43. The Bertz CT molecular complexity index is 935. The molecule has 1 fully saturated rings. The second kappa shape index (κ2) is 8.82. The number of rotatable bonds is 5. The van der Waals surface area contributed by atoms with Crippen molar-refractivity contribution < 1.29 is 24.0 Å². The number of thiophene rings is 1. The zero-order chi connectivity index (χ0) is 21.0. The first kappa shape index (κ1) is 20.5. The van der Waals surface area contributed by atoms with Crippen LogP contribution in [-0.2, 0) is 4.74 Å². The van der Waals surface area contributed by atoms with Gasteiger partial charge in [-0.2, -0.15) is 0 Å². The summed E-state index contributed by atoms with van der Waals surface area (Å²) in [5, 5.41) is 13.0. The molecule has 0 aliphatic carbocycles. The summed E-state index contributed by atoms with van der Waals surface area (Å²) in [4.78, 5) is 51.6. The van der Waals surface area contributed by atoms with Gasteiger partial charge in [0.1, 0.15) is 0 Å². The number of non-ortho nitro benzene ring substituents is 1. The molecule has 152 valence electrons. The highest BCUT2D eigenvalue weighted by Gasteiger charge is 2.27. The summed E-state index contributed by atoms with van der Waals surface area (Å²) in [6.45, 7) is 3.06. The van der Waals surface area contributed by atoms with Gasteiger partial charge >= 0.3 is 5.97 Å². The maximum atomic E-state index is 12.9. The number of carbonyl (C=O) groups is 3. The number of carbonyl (C=O) groups excluding carboxylic acids is 3. The van der Waals surface area contributed by atoms with Crippen molar-refractivity contribution in [1.82, 2.24) is 9.80 Å². The highest BCUT2D eigenvalue weighted by atomic mass is 32.1. The van der Waals surface area contributed by atoms with E-state index in [2.05, 4.69) is 0 Å². The third kappa shape index (κ3) is 4.60. The van der Waals surface area contributed by atoms with E-state index in [1.165, 1.54) is 22.3 Å². The molecule has 9 nitrogen and oxygen atoms in total. The van der Waals surface area contributed by atoms with Crippen LogP contribution in [0, 0.1) is 10.1 Å². The molecule has 0 spiro atoms. The number of piperazine rings is 1. The molecule has 1 saturated heterocycles. The van der Waals surface area contributed by atoms with Crippen LogP contribution in [0.15, 0.2) is 35.7 Å². The van der Waals surface area contributed by atoms with Crippen molar-refractivity contribution in [2.75, 3.05) is 32.8 Å². The molecule has 0 unspecified atom stereocenters. The van der Waals surface area contributed by atoms with E-state index in [1.807, 2.05) is 5.38 Å². The Morgan fingerprint density at radius 1 is 1.07 bits per heavy atom. The third-order valence-corrected chi connectivity index (χ3v) is 5.33. The molecule has 10 heteroatoms. The van der Waals surface area contributed by atoms with Gasteiger partial charge in [-0.15, -0.1) is 11.3 Å². The van der Waals surface area contributed by atoms with Gasteiger partial charge in [0.25, 0.3) is 17.5 Å². The van der Waals surface area contributed by atoms with Crippen molar-refractivity contribution in [3.63, 3.8) is 0 Å². The first-order valence-corrected chi connectivity index (χ1v) is 9.87. The molecule has 1 aromatic carbocycles. The average Bonchev–Trinajstić information content (AvgIpc) is 3.27. The molecule has 0 saturated carbocycles. The molecule has 0 N–H and O–H groups in total. The van der Waals surface area contributed by atoms with Crippen LogP contribution in [0.25, 0.3) is 0 Å². The van der Waals surface area contributed by atoms with E-state index in [1.54, 1.807) is 24.0 Å². The highest BCUT2D eigenvalue weighted by molar-refractivity contribution is 7.12. The van der Waals surface area contributed by atoms with Crippen molar-refractivity contribution in [3.05, 3.63) is 61.8 Å². The van der Waals surface area contributed by atoms with Crippen LogP contribution in [0.3, 0.4) is 0 Å². The number of benzene rings is 1. The topological polar surface area (TPSA) is 110 Å². The van der Waals surface area contributed by atoms with E-state index in [4.69, 9.17) is 4.74 Å². The summed E-state index contributed by atoms with van der Waals surface area (Å²) in [6.07, 6.45) is 0. The van der Waals surface area contributed by atoms with Gasteiger partial charge < -0.3 is 14.5 Å².